The molecular formula is C45H74O20. The molecule has 0 aromatic carbocycles. The predicted molar refractivity (Wildman–Crippen MR) is 221 cm³/mol. The lowest BCUT2D eigenvalue weighted by molar-refractivity contribution is -0.373. The molecule has 25 atom stereocenters. The molecule has 4 saturated carbocycles. The highest BCUT2D eigenvalue weighted by Gasteiger charge is 2.64. The maximum Gasteiger partial charge on any atom is 0.306 e. The van der Waals surface area contributed by atoms with Crippen molar-refractivity contribution in [3.05, 3.63) is 0 Å². The normalized spacial score (nSPS) is 50.4. The van der Waals surface area contributed by atoms with Crippen molar-refractivity contribution in [1.29, 1.82) is 0 Å². The fraction of sp³-hybridized carbons (Fsp3) is 0.956. The zero-order chi connectivity index (χ0) is 47.3. The molecule has 3 aliphatic heterocycles. The Morgan fingerprint density at radius 3 is 1.83 bits per heavy atom. The first-order valence-corrected chi connectivity index (χ1v) is 23.6. The summed E-state index contributed by atoms with van der Waals surface area (Å²) in [6.45, 7) is 6.13. The molecule has 0 spiro atoms. The smallest absolute Gasteiger partial charge is 0.306 e. The van der Waals surface area contributed by atoms with Crippen molar-refractivity contribution in [3.8, 4) is 0 Å². The Morgan fingerprint density at radius 2 is 1.22 bits per heavy atom. The van der Waals surface area contributed by atoms with Crippen LogP contribution < -0.4 is 0 Å². The molecule has 0 bridgehead atoms. The lowest BCUT2D eigenvalue weighted by Gasteiger charge is -2.61. The molecule has 20 heteroatoms. The highest BCUT2D eigenvalue weighted by Crippen LogP contribution is 2.68. The lowest BCUT2D eigenvalue weighted by Crippen LogP contribution is -2.65. The molecule has 3 saturated heterocycles. The Kier molecular flexibility index (Phi) is 16.4. The summed E-state index contributed by atoms with van der Waals surface area (Å²) in [7, 11) is 0. The summed E-state index contributed by atoms with van der Waals surface area (Å²) >= 11 is 0. The minimum absolute atomic E-state index is 0.00457. The molecule has 0 aromatic heterocycles. The summed E-state index contributed by atoms with van der Waals surface area (Å²) in [6, 6.07) is 0. The Bertz CT molecular complexity index is 1600. The van der Waals surface area contributed by atoms with Crippen LogP contribution in [0, 0.1) is 46.3 Å². The molecule has 0 aromatic rings. The second-order valence-corrected chi connectivity index (χ2v) is 20.8. The third kappa shape index (κ3) is 9.95. The van der Waals surface area contributed by atoms with Crippen LogP contribution in [0.5, 0.6) is 0 Å². The highest BCUT2D eigenvalue weighted by atomic mass is 16.8. The quantitative estimate of drug-likeness (QED) is 0.0625. The summed E-state index contributed by atoms with van der Waals surface area (Å²) < 4.78 is 41.2. The Morgan fingerprint density at radius 1 is 0.646 bits per heavy atom. The van der Waals surface area contributed by atoms with E-state index < -0.39 is 130 Å². The van der Waals surface area contributed by atoms with Gasteiger partial charge in [0.15, 0.2) is 18.9 Å². The number of carbonyl (C=O) groups is 2. The average Bonchev–Trinajstić information content (AvgIpc) is 3.58. The van der Waals surface area contributed by atoms with Gasteiger partial charge in [-0.25, -0.2) is 0 Å². The molecule has 65 heavy (non-hydrogen) atoms. The van der Waals surface area contributed by atoms with Gasteiger partial charge >= 0.3 is 5.97 Å². The molecule has 11 N–H and O–H groups in total. The van der Waals surface area contributed by atoms with Crippen LogP contribution >= 0.6 is 0 Å². The van der Waals surface area contributed by atoms with Gasteiger partial charge in [0.05, 0.1) is 38.4 Å². The van der Waals surface area contributed by atoms with Gasteiger partial charge in [0, 0.05) is 6.42 Å². The van der Waals surface area contributed by atoms with Gasteiger partial charge in [-0.3, -0.25) is 9.59 Å². The molecule has 4 aliphatic carbocycles. The van der Waals surface area contributed by atoms with E-state index in [1.54, 1.807) is 6.92 Å². The van der Waals surface area contributed by atoms with E-state index in [0.29, 0.717) is 37.5 Å². The van der Waals surface area contributed by atoms with E-state index in [2.05, 4.69) is 13.8 Å². The third-order valence-corrected chi connectivity index (χ3v) is 16.9. The van der Waals surface area contributed by atoms with E-state index in [-0.39, 0.29) is 53.5 Å². The third-order valence-electron chi connectivity index (χ3n) is 16.9. The molecule has 20 nitrogen and oxygen atoms in total. The Hall–Kier alpha value is -1.54. The van der Waals surface area contributed by atoms with Gasteiger partial charge < -0.3 is 89.3 Å². The van der Waals surface area contributed by atoms with Crippen LogP contribution in [0.3, 0.4) is 0 Å². The SMILES string of the molecule is CC(=O)[C@H]1[C@@H](OC(=O)CC[C@H](C)CO[C@@H]2O[C@H](CO)[C@@H](O)[C@H](O)[C@H]2O)C[C@H]2[C@@H]3CC[C@@H]4C[C@@H](O[C@@H]5O[C@H](CO)[C@H](O)[C@H](O)[C@H]5O[C@@H]5O[C@H](CO)[C@@H](O)[C@H](O)[C@H]5O)CC[C@]4(C)[C@H]3CC[C@@]21C. The molecule has 7 fully saturated rings. The summed E-state index contributed by atoms with van der Waals surface area (Å²) in [6.07, 6.45) is -16.5. The molecule has 0 radical (unpaired) electrons. The van der Waals surface area contributed by atoms with Gasteiger partial charge in [0.25, 0.3) is 0 Å². The van der Waals surface area contributed by atoms with Crippen LogP contribution in [-0.4, -0.2) is 199 Å². The summed E-state index contributed by atoms with van der Waals surface area (Å²) in [4.78, 5) is 26.8. The van der Waals surface area contributed by atoms with Gasteiger partial charge in [-0.05, 0) is 105 Å². The number of aliphatic hydroxyl groups excluding tert-OH is 11. The maximum atomic E-state index is 13.4. The van der Waals surface area contributed by atoms with Gasteiger partial charge in [-0.2, -0.15) is 0 Å². The number of fused-ring (bicyclic) bond motifs is 5. The molecular weight excluding hydrogens is 860 g/mol. The van der Waals surface area contributed by atoms with Crippen molar-refractivity contribution in [2.24, 2.45) is 46.3 Å². The number of rotatable bonds is 15. The number of aliphatic hydroxyl groups is 11. The second-order valence-electron chi connectivity index (χ2n) is 20.8. The van der Waals surface area contributed by atoms with E-state index in [9.17, 15) is 65.8 Å². The average molecular weight is 935 g/mol. The maximum absolute atomic E-state index is 13.4. The lowest BCUT2D eigenvalue weighted by atomic mass is 9.44. The minimum atomic E-state index is -1.78. The fourth-order valence-electron chi connectivity index (χ4n) is 13.1. The summed E-state index contributed by atoms with van der Waals surface area (Å²) in [5.41, 5.74) is -0.418. The standard InChI is InChI=1S/C45H74O20/c1-19(18-59-41-38(57)35(54)32(51)27(15-46)62-41)5-8-30(50)61-26-14-25-23-7-6-21-13-22(9-11-44(21,3)24(23)10-12-45(25,4)31(26)20(2)49)60-43-40(37(56)34(53)29(17-48)64-43)65-42-39(58)36(55)33(52)28(16-47)63-42/h19,21-29,31-43,46-48,51-58H,5-18H2,1-4H3/t19-,21+,22-,23+,24-,25-,26-,27+,28+,29+,31-,32+,33+,34-,35-,36-,37-,38+,39+,40+,41+,42-,43+,44-,45-/m0/s1. The molecule has 0 amide bonds. The monoisotopic (exact) mass is 934 g/mol. The molecule has 0 unspecified atom stereocenters. The van der Waals surface area contributed by atoms with E-state index in [1.807, 2.05) is 6.92 Å². The fourth-order valence-corrected chi connectivity index (χ4v) is 13.1. The van der Waals surface area contributed by atoms with E-state index in [1.165, 1.54) is 0 Å². The van der Waals surface area contributed by atoms with Crippen molar-refractivity contribution in [1.82, 2.24) is 0 Å². The van der Waals surface area contributed by atoms with Crippen molar-refractivity contribution < 1.29 is 98.9 Å². The van der Waals surface area contributed by atoms with Crippen molar-refractivity contribution in [3.63, 3.8) is 0 Å². The molecule has 374 valence electrons. The number of hydrogen-bond acceptors (Lipinski definition) is 20. The van der Waals surface area contributed by atoms with E-state index >= 15 is 0 Å². The van der Waals surface area contributed by atoms with Crippen LogP contribution in [0.2, 0.25) is 0 Å². The second kappa shape index (κ2) is 20.8. The number of esters is 1. The zero-order valence-corrected chi connectivity index (χ0v) is 37.8. The Labute approximate surface area is 379 Å². The van der Waals surface area contributed by atoms with E-state index in [0.717, 1.165) is 32.1 Å². The van der Waals surface area contributed by atoms with Crippen molar-refractivity contribution >= 4 is 11.8 Å². The summed E-state index contributed by atoms with van der Waals surface area (Å²) in [5, 5.41) is 113. The topological polar surface area (TPSA) is 321 Å². The summed E-state index contributed by atoms with van der Waals surface area (Å²) in [5.74, 6) is 0.0174. The number of carbonyl (C=O) groups excluding carboxylic acids is 2. The van der Waals surface area contributed by atoms with E-state index in [4.69, 9.17) is 33.2 Å². The van der Waals surface area contributed by atoms with Crippen LogP contribution in [-0.2, 0) is 42.7 Å². The largest absolute Gasteiger partial charge is 0.462 e. The number of ketones is 1. The molecule has 7 aliphatic rings. The van der Waals surface area contributed by atoms with Crippen LogP contribution in [0.4, 0.5) is 0 Å². The number of hydrogen-bond donors (Lipinski definition) is 11. The van der Waals surface area contributed by atoms with Crippen LogP contribution in [0.1, 0.15) is 91.9 Å². The first-order chi connectivity index (χ1) is 30.8. The first-order valence-electron chi connectivity index (χ1n) is 23.6. The number of Topliss-reactive ketones (excluding diaryl/α,β-unsaturated/α-hetero) is 1. The van der Waals surface area contributed by atoms with Crippen molar-refractivity contribution in [2.75, 3.05) is 26.4 Å². The van der Waals surface area contributed by atoms with Gasteiger partial charge in [0.2, 0.25) is 0 Å². The van der Waals surface area contributed by atoms with Gasteiger partial charge in [-0.15, -0.1) is 0 Å². The molecule has 3 heterocycles. The van der Waals surface area contributed by atoms with Crippen LogP contribution in [0.15, 0.2) is 0 Å². The highest BCUT2D eigenvalue weighted by molar-refractivity contribution is 5.81. The van der Waals surface area contributed by atoms with Crippen molar-refractivity contribution in [2.45, 2.75) is 196 Å². The zero-order valence-electron chi connectivity index (χ0n) is 37.8. The van der Waals surface area contributed by atoms with Gasteiger partial charge in [-0.1, -0.05) is 20.8 Å². The Balaban J connectivity index is 0.956. The molecule has 7 rings (SSSR count). The minimum Gasteiger partial charge on any atom is -0.462 e. The number of ether oxygens (including phenoxy) is 7. The predicted octanol–water partition coefficient (Wildman–Crippen LogP) is -2.00. The van der Waals surface area contributed by atoms with Gasteiger partial charge in [0.1, 0.15) is 85.1 Å². The van der Waals surface area contributed by atoms with Crippen LogP contribution in [0.25, 0.3) is 0 Å². The first kappa shape index (κ1) is 51.3.